The quantitative estimate of drug-likeness (QED) is 0.686. The molecular weight excluding hydrogens is 352 g/mol. The van der Waals surface area contributed by atoms with Crippen LogP contribution in [0, 0.1) is 19.8 Å². The molecule has 3 aromatic rings. The van der Waals surface area contributed by atoms with Crippen molar-refractivity contribution in [3.8, 4) is 5.69 Å². The number of amides is 1. The Kier molecular flexibility index (Phi) is 4.79. The fourth-order valence-electron chi connectivity index (χ4n) is 3.58. The molecule has 4 rings (SSSR count). The topological polar surface area (TPSA) is 73.0 Å². The van der Waals surface area contributed by atoms with Crippen LogP contribution < -0.4 is 5.32 Å². The van der Waals surface area contributed by atoms with Crippen LogP contribution in [0.1, 0.15) is 72.1 Å². The zero-order valence-electron chi connectivity index (χ0n) is 16.8. The highest BCUT2D eigenvalue weighted by atomic mass is 16.5. The van der Waals surface area contributed by atoms with Crippen molar-refractivity contribution >= 4 is 5.91 Å². The Bertz CT molecular complexity index is 983. The van der Waals surface area contributed by atoms with E-state index in [1.165, 1.54) is 0 Å². The average Bonchev–Trinajstić information content (AvgIpc) is 3.33. The molecule has 0 spiro atoms. The average molecular weight is 378 g/mol. The van der Waals surface area contributed by atoms with Crippen LogP contribution in [0.3, 0.4) is 0 Å². The molecule has 2 aromatic heterocycles. The molecule has 0 aliphatic heterocycles. The molecule has 2 heterocycles. The van der Waals surface area contributed by atoms with Crippen molar-refractivity contribution in [2.75, 3.05) is 0 Å². The van der Waals surface area contributed by atoms with Gasteiger partial charge in [0.1, 0.15) is 6.04 Å². The SMILES string of the molecule is Cc1cc(C(=O)NC(c2nc(C3CC3)no2)C(C)C)c(C)n1-c1ccccc1. The molecule has 1 aromatic carbocycles. The molecule has 1 amide bonds. The van der Waals surface area contributed by atoms with Crippen LogP contribution in [-0.2, 0) is 0 Å². The zero-order chi connectivity index (χ0) is 19.8. The Hall–Kier alpha value is -2.89. The first-order chi connectivity index (χ1) is 13.5. The number of nitrogens with zero attached hydrogens (tertiary/aromatic N) is 3. The molecule has 1 saturated carbocycles. The van der Waals surface area contributed by atoms with Crippen LogP contribution in [0.5, 0.6) is 0 Å². The second kappa shape index (κ2) is 7.26. The van der Waals surface area contributed by atoms with Crippen molar-refractivity contribution < 1.29 is 9.32 Å². The van der Waals surface area contributed by atoms with Crippen molar-refractivity contribution in [3.05, 3.63) is 65.1 Å². The Morgan fingerprint density at radius 3 is 2.57 bits per heavy atom. The number of aromatic nitrogens is 3. The van der Waals surface area contributed by atoms with E-state index in [-0.39, 0.29) is 17.9 Å². The normalized spacial score (nSPS) is 15.0. The fraction of sp³-hybridized carbons (Fsp3) is 0.409. The summed E-state index contributed by atoms with van der Waals surface area (Å²) in [7, 11) is 0. The molecule has 1 N–H and O–H groups in total. The maximum Gasteiger partial charge on any atom is 0.253 e. The molecule has 146 valence electrons. The van der Waals surface area contributed by atoms with Gasteiger partial charge in [-0.1, -0.05) is 37.2 Å². The van der Waals surface area contributed by atoms with Crippen LogP contribution in [0.2, 0.25) is 0 Å². The summed E-state index contributed by atoms with van der Waals surface area (Å²) in [5.41, 5.74) is 3.63. The van der Waals surface area contributed by atoms with E-state index in [1.54, 1.807) is 0 Å². The molecule has 1 aliphatic rings. The maximum atomic E-state index is 13.1. The number of nitrogens with one attached hydrogen (secondary N) is 1. The molecule has 28 heavy (non-hydrogen) atoms. The lowest BCUT2D eigenvalue weighted by Crippen LogP contribution is -2.32. The summed E-state index contributed by atoms with van der Waals surface area (Å²) in [6.07, 6.45) is 2.23. The zero-order valence-corrected chi connectivity index (χ0v) is 16.8. The highest BCUT2D eigenvalue weighted by Gasteiger charge is 2.32. The third-order valence-corrected chi connectivity index (χ3v) is 5.31. The fourth-order valence-corrected chi connectivity index (χ4v) is 3.58. The number of carbonyl (C=O) groups is 1. The summed E-state index contributed by atoms with van der Waals surface area (Å²) in [5, 5.41) is 7.20. The molecule has 6 heteroatoms. The van der Waals surface area contributed by atoms with Gasteiger partial charge in [-0.15, -0.1) is 0 Å². The monoisotopic (exact) mass is 378 g/mol. The third-order valence-electron chi connectivity index (χ3n) is 5.31. The van der Waals surface area contributed by atoms with Crippen molar-refractivity contribution in [2.45, 2.75) is 52.5 Å². The van der Waals surface area contributed by atoms with Crippen molar-refractivity contribution in [1.82, 2.24) is 20.0 Å². The molecule has 0 saturated heterocycles. The predicted molar refractivity (Wildman–Crippen MR) is 107 cm³/mol. The smallest absolute Gasteiger partial charge is 0.253 e. The Morgan fingerprint density at radius 2 is 1.93 bits per heavy atom. The summed E-state index contributed by atoms with van der Waals surface area (Å²) in [6.45, 7) is 8.06. The van der Waals surface area contributed by atoms with E-state index in [0.717, 1.165) is 35.7 Å². The van der Waals surface area contributed by atoms with E-state index in [0.29, 0.717) is 17.4 Å². The van der Waals surface area contributed by atoms with Gasteiger partial charge in [0.05, 0.1) is 5.56 Å². The third kappa shape index (κ3) is 3.46. The van der Waals surface area contributed by atoms with E-state index in [9.17, 15) is 4.79 Å². The van der Waals surface area contributed by atoms with E-state index in [2.05, 4.69) is 20.0 Å². The standard InChI is InChI=1S/C22H26N4O2/c1-13(2)19(22-24-20(25-28-22)16-10-11-16)23-21(27)18-12-14(3)26(15(18)4)17-8-6-5-7-9-17/h5-9,12-13,16,19H,10-11H2,1-4H3,(H,23,27). The van der Waals surface area contributed by atoms with Gasteiger partial charge in [-0.3, -0.25) is 4.79 Å². The van der Waals surface area contributed by atoms with Gasteiger partial charge >= 0.3 is 0 Å². The second-order valence-electron chi connectivity index (χ2n) is 7.92. The summed E-state index contributed by atoms with van der Waals surface area (Å²) < 4.78 is 7.57. The Labute approximate surface area is 165 Å². The Balaban J connectivity index is 1.59. The maximum absolute atomic E-state index is 13.1. The minimum absolute atomic E-state index is 0.125. The van der Waals surface area contributed by atoms with Gasteiger partial charge in [-0.25, -0.2) is 0 Å². The van der Waals surface area contributed by atoms with Gasteiger partial charge in [0.15, 0.2) is 5.82 Å². The minimum Gasteiger partial charge on any atom is -0.340 e. The number of para-hydroxylation sites is 1. The summed E-state index contributed by atoms with van der Waals surface area (Å²) in [5.74, 6) is 1.68. The lowest BCUT2D eigenvalue weighted by atomic mass is 10.0. The number of hydrogen-bond acceptors (Lipinski definition) is 4. The van der Waals surface area contributed by atoms with Gasteiger partial charge in [0, 0.05) is 23.0 Å². The van der Waals surface area contributed by atoms with Crippen molar-refractivity contribution in [1.29, 1.82) is 0 Å². The first-order valence-corrected chi connectivity index (χ1v) is 9.84. The summed E-state index contributed by atoms with van der Waals surface area (Å²) in [6, 6.07) is 11.7. The molecule has 1 unspecified atom stereocenters. The van der Waals surface area contributed by atoms with Crippen LogP contribution >= 0.6 is 0 Å². The Morgan fingerprint density at radius 1 is 1.21 bits per heavy atom. The summed E-state index contributed by atoms with van der Waals surface area (Å²) in [4.78, 5) is 17.6. The van der Waals surface area contributed by atoms with E-state index in [4.69, 9.17) is 4.52 Å². The molecule has 1 fully saturated rings. The number of aryl methyl sites for hydroxylation is 1. The molecule has 0 bridgehead atoms. The highest BCUT2D eigenvalue weighted by molar-refractivity contribution is 5.96. The van der Waals surface area contributed by atoms with Crippen LogP contribution in [-0.4, -0.2) is 20.6 Å². The van der Waals surface area contributed by atoms with Crippen LogP contribution in [0.25, 0.3) is 5.69 Å². The molecule has 1 atom stereocenters. The number of carbonyl (C=O) groups excluding carboxylic acids is 1. The van der Waals surface area contributed by atoms with Gasteiger partial charge in [0.2, 0.25) is 5.89 Å². The van der Waals surface area contributed by atoms with Gasteiger partial charge in [0.25, 0.3) is 5.91 Å². The lowest BCUT2D eigenvalue weighted by molar-refractivity contribution is 0.0913. The predicted octanol–water partition coefficient (Wildman–Crippen LogP) is 4.48. The van der Waals surface area contributed by atoms with Gasteiger partial charge in [-0.2, -0.15) is 4.98 Å². The molecule has 6 nitrogen and oxygen atoms in total. The van der Waals surface area contributed by atoms with Crippen molar-refractivity contribution in [3.63, 3.8) is 0 Å². The largest absolute Gasteiger partial charge is 0.340 e. The van der Waals surface area contributed by atoms with E-state index < -0.39 is 0 Å². The van der Waals surface area contributed by atoms with Crippen molar-refractivity contribution in [2.24, 2.45) is 5.92 Å². The molecular formula is C22H26N4O2. The van der Waals surface area contributed by atoms with E-state index in [1.807, 2.05) is 64.1 Å². The molecule has 1 aliphatic carbocycles. The lowest BCUT2D eigenvalue weighted by Gasteiger charge is -2.18. The van der Waals surface area contributed by atoms with Crippen LogP contribution in [0.15, 0.2) is 40.9 Å². The number of hydrogen-bond donors (Lipinski definition) is 1. The highest BCUT2D eigenvalue weighted by Crippen LogP contribution is 2.38. The number of benzene rings is 1. The number of rotatable bonds is 6. The first-order valence-electron chi connectivity index (χ1n) is 9.84. The summed E-state index contributed by atoms with van der Waals surface area (Å²) >= 11 is 0. The van der Waals surface area contributed by atoms with Gasteiger partial charge in [-0.05, 0) is 50.8 Å². The molecule has 0 radical (unpaired) electrons. The minimum atomic E-state index is -0.313. The van der Waals surface area contributed by atoms with Crippen LogP contribution in [0.4, 0.5) is 0 Å². The van der Waals surface area contributed by atoms with Gasteiger partial charge < -0.3 is 14.4 Å². The second-order valence-corrected chi connectivity index (χ2v) is 7.92. The van der Waals surface area contributed by atoms with E-state index >= 15 is 0 Å². The first kappa shape index (κ1) is 18.5.